The van der Waals surface area contributed by atoms with Crippen molar-refractivity contribution < 1.29 is 18.0 Å². The molecule has 0 spiro atoms. The molecule has 150 valence electrons. The molecule has 2 aromatic rings. The third-order valence-corrected chi connectivity index (χ3v) is 5.69. The minimum Gasteiger partial charge on any atom is -0.328 e. The number of hydrogen-bond donors (Lipinski definition) is 1. The lowest BCUT2D eigenvalue weighted by Crippen LogP contribution is -2.46. The summed E-state index contributed by atoms with van der Waals surface area (Å²) in [6, 6.07) is 6.80. The van der Waals surface area contributed by atoms with Crippen molar-refractivity contribution in [1.29, 1.82) is 0 Å². The van der Waals surface area contributed by atoms with Crippen LogP contribution < -0.4 is 5.73 Å². The summed E-state index contributed by atoms with van der Waals surface area (Å²) in [4.78, 5) is 14.6. The van der Waals surface area contributed by atoms with Gasteiger partial charge in [-0.15, -0.1) is 10.2 Å². The molecule has 1 aromatic heterocycles. The van der Waals surface area contributed by atoms with Crippen LogP contribution in [0.2, 0.25) is 0 Å². The minimum atomic E-state index is -4.55. The second-order valence-electron chi connectivity index (χ2n) is 7.63. The number of aryl methyl sites for hydroxylation is 1. The summed E-state index contributed by atoms with van der Waals surface area (Å²) < 4.78 is 40.5. The molecule has 3 atom stereocenters. The molecular weight excluding hydrogens is 371 g/mol. The first-order valence-corrected chi connectivity index (χ1v) is 9.37. The molecule has 2 bridgehead atoms. The fraction of sp³-hybridized carbons (Fsp3) is 0.526. The van der Waals surface area contributed by atoms with E-state index in [1.165, 1.54) is 0 Å². The minimum absolute atomic E-state index is 0.0758. The van der Waals surface area contributed by atoms with Crippen molar-refractivity contribution in [3.05, 3.63) is 47.0 Å². The number of carbonyl (C=O) groups is 1. The number of hydrogen-bond acceptors (Lipinski definition) is 4. The van der Waals surface area contributed by atoms with E-state index < -0.39 is 18.0 Å². The van der Waals surface area contributed by atoms with E-state index in [1.807, 2.05) is 31.2 Å². The van der Waals surface area contributed by atoms with Gasteiger partial charge in [0, 0.05) is 19.0 Å². The van der Waals surface area contributed by atoms with Crippen LogP contribution in [0.5, 0.6) is 0 Å². The fourth-order valence-corrected chi connectivity index (χ4v) is 4.38. The molecule has 3 heterocycles. The van der Waals surface area contributed by atoms with Crippen LogP contribution in [0.1, 0.15) is 48.1 Å². The van der Waals surface area contributed by atoms with Crippen molar-refractivity contribution in [1.82, 2.24) is 19.7 Å². The average molecular weight is 393 g/mol. The van der Waals surface area contributed by atoms with Crippen molar-refractivity contribution in [2.24, 2.45) is 5.73 Å². The standard InChI is InChI=1S/C19H22F3N5O/c1-11-4-2-3-5-12(11)8-13(23)9-16(28)27-14-6-7-15(27)17-24-25-18(19(20,21)22)26(17)10-14/h2-5,13-15H,6-10,23H2,1H3/t13-,14-,15+/m1/s1. The molecule has 4 rings (SSSR count). The number of amides is 1. The Morgan fingerprint density at radius 2 is 2.04 bits per heavy atom. The van der Waals surface area contributed by atoms with E-state index in [2.05, 4.69) is 10.2 Å². The predicted molar refractivity (Wildman–Crippen MR) is 95.1 cm³/mol. The van der Waals surface area contributed by atoms with Gasteiger partial charge in [0.25, 0.3) is 0 Å². The molecule has 6 nitrogen and oxygen atoms in total. The van der Waals surface area contributed by atoms with Crippen molar-refractivity contribution in [3.63, 3.8) is 0 Å². The SMILES string of the molecule is Cc1ccccc1C[C@@H](N)CC(=O)N1[C@@H]2CC[C@H]1c1nnc(C(F)(F)F)n1C2. The number of aromatic nitrogens is 3. The van der Waals surface area contributed by atoms with E-state index in [1.54, 1.807) is 4.90 Å². The van der Waals surface area contributed by atoms with Crippen molar-refractivity contribution >= 4 is 5.91 Å². The predicted octanol–water partition coefficient (Wildman–Crippen LogP) is 2.61. The first-order valence-electron chi connectivity index (χ1n) is 9.37. The quantitative estimate of drug-likeness (QED) is 0.866. The number of nitrogens with zero attached hydrogens (tertiary/aromatic N) is 4. The molecule has 0 unspecified atom stereocenters. The molecule has 28 heavy (non-hydrogen) atoms. The largest absolute Gasteiger partial charge is 0.451 e. The van der Waals surface area contributed by atoms with Crippen LogP contribution >= 0.6 is 0 Å². The average Bonchev–Trinajstić information content (AvgIpc) is 3.18. The van der Waals surface area contributed by atoms with Crippen LogP contribution in [0.25, 0.3) is 0 Å². The van der Waals surface area contributed by atoms with Crippen molar-refractivity contribution in [3.8, 4) is 0 Å². The molecule has 0 radical (unpaired) electrons. The number of carbonyl (C=O) groups excluding carboxylic acids is 1. The molecule has 2 N–H and O–H groups in total. The summed E-state index contributed by atoms with van der Waals surface area (Å²) in [5.74, 6) is -0.888. The van der Waals surface area contributed by atoms with Crippen molar-refractivity contribution in [2.45, 2.75) is 63.5 Å². The van der Waals surface area contributed by atoms with Crippen LogP contribution in [0, 0.1) is 6.92 Å². The third-order valence-electron chi connectivity index (χ3n) is 5.69. The molecule has 1 aromatic carbocycles. The van der Waals surface area contributed by atoms with E-state index in [0.717, 1.165) is 15.7 Å². The zero-order valence-corrected chi connectivity index (χ0v) is 15.5. The lowest BCUT2D eigenvalue weighted by molar-refractivity contribution is -0.148. The van der Waals surface area contributed by atoms with E-state index >= 15 is 0 Å². The van der Waals surface area contributed by atoms with Gasteiger partial charge in [-0.1, -0.05) is 24.3 Å². The number of fused-ring (bicyclic) bond motifs is 4. The van der Waals surface area contributed by atoms with Crippen molar-refractivity contribution in [2.75, 3.05) is 0 Å². The third kappa shape index (κ3) is 3.28. The molecule has 0 saturated carbocycles. The summed E-state index contributed by atoms with van der Waals surface area (Å²) in [6.07, 6.45) is -2.56. The van der Waals surface area contributed by atoms with Crippen LogP contribution in [0.15, 0.2) is 24.3 Å². The van der Waals surface area contributed by atoms with Crippen LogP contribution in [0.4, 0.5) is 13.2 Å². The van der Waals surface area contributed by atoms with Crippen LogP contribution in [-0.2, 0) is 23.9 Å². The normalized spacial score (nSPS) is 22.2. The number of benzene rings is 1. The van der Waals surface area contributed by atoms with E-state index in [-0.39, 0.29) is 36.8 Å². The molecule has 9 heteroatoms. The molecule has 1 fully saturated rings. The lowest BCUT2D eigenvalue weighted by Gasteiger charge is -2.36. The highest BCUT2D eigenvalue weighted by molar-refractivity contribution is 5.78. The van der Waals surface area contributed by atoms with Gasteiger partial charge in [0.05, 0.1) is 12.1 Å². The van der Waals surface area contributed by atoms with Gasteiger partial charge in [-0.25, -0.2) is 0 Å². The van der Waals surface area contributed by atoms with E-state index in [4.69, 9.17) is 5.73 Å². The van der Waals surface area contributed by atoms with Gasteiger partial charge in [-0.3, -0.25) is 4.79 Å². The summed E-state index contributed by atoms with van der Waals surface area (Å²) in [5, 5.41) is 7.09. The van der Waals surface area contributed by atoms with Gasteiger partial charge in [-0.05, 0) is 37.3 Å². The summed E-state index contributed by atoms with van der Waals surface area (Å²) in [5.41, 5.74) is 8.44. The van der Waals surface area contributed by atoms with Gasteiger partial charge < -0.3 is 15.2 Å². The van der Waals surface area contributed by atoms with Gasteiger partial charge in [-0.2, -0.15) is 13.2 Å². The summed E-state index contributed by atoms with van der Waals surface area (Å²) in [7, 11) is 0. The second-order valence-corrected chi connectivity index (χ2v) is 7.63. The van der Waals surface area contributed by atoms with Gasteiger partial charge in [0.1, 0.15) is 0 Å². The number of nitrogens with two attached hydrogens (primary N) is 1. The Bertz CT molecular complexity index is 894. The lowest BCUT2D eigenvalue weighted by atomic mass is 9.99. The van der Waals surface area contributed by atoms with Crippen LogP contribution in [-0.4, -0.2) is 37.7 Å². The molecule has 0 aliphatic carbocycles. The number of halogens is 3. The highest BCUT2D eigenvalue weighted by Crippen LogP contribution is 2.42. The highest BCUT2D eigenvalue weighted by Gasteiger charge is 2.48. The topological polar surface area (TPSA) is 77.0 Å². The molecule has 2 aliphatic heterocycles. The zero-order chi connectivity index (χ0) is 20.1. The first-order chi connectivity index (χ1) is 13.3. The number of alkyl halides is 3. The summed E-state index contributed by atoms with van der Waals surface area (Å²) >= 11 is 0. The van der Waals surface area contributed by atoms with Gasteiger partial charge in [0.2, 0.25) is 11.7 Å². The molecule has 2 aliphatic rings. The molecule has 1 saturated heterocycles. The molecule has 1 amide bonds. The Hall–Kier alpha value is -2.42. The number of rotatable bonds is 4. The Morgan fingerprint density at radius 1 is 1.29 bits per heavy atom. The molecular formula is C19H22F3N5O. The maximum atomic E-state index is 13.1. The monoisotopic (exact) mass is 393 g/mol. The second kappa shape index (κ2) is 6.88. The zero-order valence-electron chi connectivity index (χ0n) is 15.5. The Balaban J connectivity index is 1.49. The fourth-order valence-electron chi connectivity index (χ4n) is 4.38. The smallest absolute Gasteiger partial charge is 0.328 e. The Kier molecular flexibility index (Phi) is 4.65. The first kappa shape index (κ1) is 18.9. The Morgan fingerprint density at radius 3 is 2.75 bits per heavy atom. The van der Waals surface area contributed by atoms with Gasteiger partial charge in [0.15, 0.2) is 5.82 Å². The summed E-state index contributed by atoms with van der Waals surface area (Å²) in [6.45, 7) is 2.08. The van der Waals surface area contributed by atoms with E-state index in [0.29, 0.717) is 19.3 Å². The maximum Gasteiger partial charge on any atom is 0.451 e. The highest BCUT2D eigenvalue weighted by atomic mass is 19.4. The maximum absolute atomic E-state index is 13.1. The van der Waals surface area contributed by atoms with Crippen LogP contribution in [0.3, 0.4) is 0 Å². The Labute approximate surface area is 160 Å². The van der Waals surface area contributed by atoms with E-state index in [9.17, 15) is 18.0 Å². The van der Waals surface area contributed by atoms with Gasteiger partial charge >= 0.3 is 6.18 Å².